The first-order chi connectivity index (χ1) is 8.39. The molecule has 0 spiro atoms. The van der Waals surface area contributed by atoms with Crippen LogP contribution >= 0.6 is 0 Å². The highest BCUT2D eigenvalue weighted by Crippen LogP contribution is 2.22. The van der Waals surface area contributed by atoms with Crippen molar-refractivity contribution in [1.82, 2.24) is 13.7 Å². The van der Waals surface area contributed by atoms with Crippen molar-refractivity contribution in [2.45, 2.75) is 38.1 Å². The molecule has 0 rings (SSSR count). The summed E-state index contributed by atoms with van der Waals surface area (Å²) >= 11 is 0. The molecular formula is C14H33N3Si. The van der Waals surface area contributed by atoms with E-state index in [0.717, 1.165) is 6.42 Å². The van der Waals surface area contributed by atoms with Gasteiger partial charge >= 0.3 is 0 Å². The molecule has 0 aromatic heterocycles. The summed E-state index contributed by atoms with van der Waals surface area (Å²) in [6, 6.07) is 1.31. The Bertz CT molecular complexity index is 205. The third-order valence-corrected chi connectivity index (χ3v) is 9.14. The van der Waals surface area contributed by atoms with Crippen molar-refractivity contribution >= 4 is 8.56 Å². The molecule has 0 bridgehead atoms. The number of rotatable bonds is 10. The van der Waals surface area contributed by atoms with Gasteiger partial charge in [-0.3, -0.25) is 0 Å². The SMILES string of the molecule is C=CCCCCCC[Si](N(C)C)(N(C)C)N(C)C. The van der Waals surface area contributed by atoms with Crippen molar-refractivity contribution in [2.24, 2.45) is 0 Å². The Morgan fingerprint density at radius 3 is 1.61 bits per heavy atom. The van der Waals surface area contributed by atoms with Gasteiger partial charge in [0.2, 0.25) is 0 Å². The van der Waals surface area contributed by atoms with Gasteiger partial charge in [-0.2, -0.15) is 0 Å². The predicted molar refractivity (Wildman–Crippen MR) is 84.9 cm³/mol. The van der Waals surface area contributed by atoms with Crippen molar-refractivity contribution in [3.63, 3.8) is 0 Å². The summed E-state index contributed by atoms with van der Waals surface area (Å²) in [4.78, 5) is 0. The van der Waals surface area contributed by atoms with Crippen LogP contribution in [0.5, 0.6) is 0 Å². The maximum Gasteiger partial charge on any atom is 0.288 e. The Kier molecular flexibility index (Phi) is 8.78. The van der Waals surface area contributed by atoms with E-state index in [1.165, 1.54) is 31.7 Å². The molecule has 0 aromatic carbocycles. The highest BCUT2D eigenvalue weighted by atomic mass is 28.4. The lowest BCUT2D eigenvalue weighted by Crippen LogP contribution is -2.69. The number of nitrogens with zero attached hydrogens (tertiary/aromatic N) is 3. The standard InChI is InChI=1S/C14H33N3Si/c1-8-9-10-11-12-13-14-18(15(2)3,16(4)5)17(6)7/h8H,1,9-14H2,2-7H3. The first-order valence-corrected chi connectivity index (χ1v) is 9.07. The van der Waals surface area contributed by atoms with E-state index in [-0.39, 0.29) is 0 Å². The van der Waals surface area contributed by atoms with Gasteiger partial charge in [-0.15, -0.1) is 6.58 Å². The van der Waals surface area contributed by atoms with Crippen molar-refractivity contribution in [3.8, 4) is 0 Å². The van der Waals surface area contributed by atoms with Gasteiger partial charge < -0.3 is 13.7 Å². The molecule has 0 aromatic rings. The van der Waals surface area contributed by atoms with Gasteiger partial charge in [0.25, 0.3) is 8.56 Å². The maximum atomic E-state index is 3.77. The van der Waals surface area contributed by atoms with Gasteiger partial charge in [-0.25, -0.2) is 0 Å². The maximum absolute atomic E-state index is 3.77. The fraction of sp³-hybridized carbons (Fsp3) is 0.857. The lowest BCUT2D eigenvalue weighted by molar-refractivity contribution is 0.372. The fourth-order valence-electron chi connectivity index (χ4n) is 2.88. The fourth-order valence-corrected chi connectivity index (χ4v) is 7.34. The Morgan fingerprint density at radius 1 is 0.778 bits per heavy atom. The summed E-state index contributed by atoms with van der Waals surface area (Å²) in [5.74, 6) is 0. The van der Waals surface area contributed by atoms with Crippen LogP contribution in [0.2, 0.25) is 6.04 Å². The summed E-state index contributed by atoms with van der Waals surface area (Å²) in [5.41, 5.74) is 0. The molecule has 108 valence electrons. The molecule has 0 amide bonds. The van der Waals surface area contributed by atoms with Crippen LogP contribution in [-0.2, 0) is 0 Å². The second-order valence-corrected chi connectivity index (χ2v) is 10.4. The monoisotopic (exact) mass is 271 g/mol. The molecule has 0 aliphatic rings. The van der Waals surface area contributed by atoms with Crippen LogP contribution < -0.4 is 0 Å². The summed E-state index contributed by atoms with van der Waals surface area (Å²) in [5, 5.41) is 0. The highest BCUT2D eigenvalue weighted by Gasteiger charge is 2.41. The lowest BCUT2D eigenvalue weighted by atomic mass is 10.1. The van der Waals surface area contributed by atoms with E-state index < -0.39 is 8.56 Å². The number of allylic oxidation sites excluding steroid dienone is 1. The molecule has 0 fully saturated rings. The zero-order valence-electron chi connectivity index (χ0n) is 13.4. The summed E-state index contributed by atoms with van der Waals surface area (Å²) in [6.45, 7) is 3.77. The minimum absolute atomic E-state index is 1.16. The zero-order valence-corrected chi connectivity index (χ0v) is 14.4. The molecule has 4 heteroatoms. The normalized spacial score (nSPS) is 12.7. The average molecular weight is 272 g/mol. The quantitative estimate of drug-likeness (QED) is 0.344. The molecule has 0 aliphatic heterocycles. The first kappa shape index (κ1) is 17.8. The molecule has 0 unspecified atom stereocenters. The molecule has 0 N–H and O–H groups in total. The summed E-state index contributed by atoms with van der Waals surface area (Å²) in [7, 11) is 11.7. The van der Waals surface area contributed by atoms with E-state index in [1.807, 2.05) is 6.08 Å². The van der Waals surface area contributed by atoms with Crippen molar-refractivity contribution in [3.05, 3.63) is 12.7 Å². The van der Waals surface area contributed by atoms with E-state index in [1.54, 1.807) is 0 Å². The van der Waals surface area contributed by atoms with E-state index in [0.29, 0.717) is 0 Å². The van der Waals surface area contributed by atoms with E-state index in [4.69, 9.17) is 0 Å². The Balaban J connectivity index is 4.30. The molecule has 0 saturated carbocycles. The van der Waals surface area contributed by atoms with Crippen LogP contribution in [0.15, 0.2) is 12.7 Å². The van der Waals surface area contributed by atoms with Crippen LogP contribution in [0.1, 0.15) is 32.1 Å². The van der Waals surface area contributed by atoms with Crippen LogP contribution in [0.25, 0.3) is 0 Å². The van der Waals surface area contributed by atoms with Gasteiger partial charge in [0.1, 0.15) is 0 Å². The van der Waals surface area contributed by atoms with Crippen LogP contribution in [-0.4, -0.2) is 64.5 Å². The van der Waals surface area contributed by atoms with Crippen LogP contribution in [0.3, 0.4) is 0 Å². The second kappa shape index (κ2) is 8.86. The molecule has 0 atom stereocenters. The van der Waals surface area contributed by atoms with Gasteiger partial charge in [-0.05, 0) is 61.2 Å². The molecule has 0 aliphatic carbocycles. The topological polar surface area (TPSA) is 9.72 Å². The van der Waals surface area contributed by atoms with E-state index in [2.05, 4.69) is 62.6 Å². The molecule has 0 radical (unpaired) electrons. The van der Waals surface area contributed by atoms with Crippen LogP contribution in [0, 0.1) is 0 Å². The molecular weight excluding hydrogens is 238 g/mol. The van der Waals surface area contributed by atoms with E-state index in [9.17, 15) is 0 Å². The van der Waals surface area contributed by atoms with Crippen molar-refractivity contribution < 1.29 is 0 Å². The number of hydrogen-bond acceptors (Lipinski definition) is 3. The summed E-state index contributed by atoms with van der Waals surface area (Å²) < 4.78 is 7.37. The number of hydrogen-bond donors (Lipinski definition) is 0. The first-order valence-electron chi connectivity index (χ1n) is 7.02. The largest absolute Gasteiger partial charge is 0.305 e. The Labute approximate surface area is 116 Å². The van der Waals surface area contributed by atoms with Gasteiger partial charge in [0, 0.05) is 0 Å². The minimum atomic E-state index is -1.62. The molecule has 3 nitrogen and oxygen atoms in total. The second-order valence-electron chi connectivity index (χ2n) is 5.70. The Morgan fingerprint density at radius 2 is 1.22 bits per heavy atom. The molecule has 18 heavy (non-hydrogen) atoms. The minimum Gasteiger partial charge on any atom is -0.305 e. The lowest BCUT2D eigenvalue weighted by Gasteiger charge is -2.46. The zero-order chi connectivity index (χ0) is 14.2. The third kappa shape index (κ3) is 4.84. The van der Waals surface area contributed by atoms with Gasteiger partial charge in [0.05, 0.1) is 0 Å². The van der Waals surface area contributed by atoms with Crippen molar-refractivity contribution in [2.75, 3.05) is 42.3 Å². The van der Waals surface area contributed by atoms with Gasteiger partial charge in [-0.1, -0.05) is 25.3 Å². The van der Waals surface area contributed by atoms with Crippen molar-refractivity contribution in [1.29, 1.82) is 0 Å². The highest BCUT2D eigenvalue weighted by molar-refractivity contribution is 6.71. The number of unbranched alkanes of at least 4 members (excludes halogenated alkanes) is 4. The smallest absolute Gasteiger partial charge is 0.288 e. The van der Waals surface area contributed by atoms with E-state index >= 15 is 0 Å². The van der Waals surface area contributed by atoms with Gasteiger partial charge in [0.15, 0.2) is 0 Å². The average Bonchev–Trinajstić information content (AvgIpc) is 2.26. The van der Waals surface area contributed by atoms with Crippen LogP contribution in [0.4, 0.5) is 0 Å². The molecule has 0 saturated heterocycles. The molecule has 0 heterocycles. The summed E-state index contributed by atoms with van der Waals surface area (Å²) in [6.07, 6.45) is 8.50. The predicted octanol–water partition coefficient (Wildman–Crippen LogP) is 2.75. The third-order valence-electron chi connectivity index (χ3n) is 3.82. The Hall–Kier alpha value is -0.163.